The van der Waals surface area contributed by atoms with Crippen LogP contribution in [0.3, 0.4) is 0 Å². The fourth-order valence-corrected chi connectivity index (χ4v) is 3.09. The molecule has 7 heteroatoms. The number of aromatic nitrogens is 1. The highest BCUT2D eigenvalue weighted by Crippen LogP contribution is 2.23. The van der Waals surface area contributed by atoms with Gasteiger partial charge in [0.05, 0.1) is 17.2 Å². The molecule has 0 aliphatic heterocycles. The van der Waals surface area contributed by atoms with Gasteiger partial charge in [0.25, 0.3) is 0 Å². The van der Waals surface area contributed by atoms with Crippen LogP contribution in [0.25, 0.3) is 0 Å². The standard InChI is InChI=1S/C19H27FN4S.HI/c1-5-21-18(22-11-10-17-12-25-14(2)24-17)23-13-19(3,4)15-6-8-16(20)9-7-15;/h6-9,12H,5,10-11,13H2,1-4H3,(H2,21,22,23);1H. The quantitative estimate of drug-likeness (QED) is 0.346. The SMILES string of the molecule is CCNC(=NCC(C)(C)c1ccc(F)cc1)NCCc1csc(C)n1.I. The Labute approximate surface area is 176 Å². The summed E-state index contributed by atoms with van der Waals surface area (Å²) in [4.78, 5) is 9.18. The smallest absolute Gasteiger partial charge is 0.191 e. The van der Waals surface area contributed by atoms with Gasteiger partial charge < -0.3 is 10.6 Å². The third-order valence-corrected chi connectivity index (χ3v) is 4.76. The van der Waals surface area contributed by atoms with Crippen molar-refractivity contribution in [2.45, 2.75) is 39.5 Å². The average Bonchev–Trinajstić information content (AvgIpc) is 2.98. The summed E-state index contributed by atoms with van der Waals surface area (Å²) in [5, 5.41) is 9.81. The molecule has 0 bridgehead atoms. The lowest BCUT2D eigenvalue weighted by Crippen LogP contribution is -2.39. The number of rotatable bonds is 7. The summed E-state index contributed by atoms with van der Waals surface area (Å²) in [5.41, 5.74) is 2.02. The molecule has 0 aliphatic carbocycles. The third kappa shape index (κ3) is 7.19. The predicted octanol–water partition coefficient (Wildman–Crippen LogP) is 4.28. The van der Waals surface area contributed by atoms with Crippen LogP contribution in [0.4, 0.5) is 4.39 Å². The number of halogens is 2. The van der Waals surface area contributed by atoms with E-state index in [0.717, 1.165) is 41.7 Å². The van der Waals surface area contributed by atoms with Crippen molar-refractivity contribution in [2.75, 3.05) is 19.6 Å². The summed E-state index contributed by atoms with van der Waals surface area (Å²) in [7, 11) is 0. The van der Waals surface area contributed by atoms with E-state index in [2.05, 4.69) is 34.8 Å². The van der Waals surface area contributed by atoms with E-state index in [4.69, 9.17) is 4.99 Å². The summed E-state index contributed by atoms with van der Waals surface area (Å²) in [6.07, 6.45) is 0.871. The van der Waals surface area contributed by atoms with E-state index in [1.807, 2.05) is 26.0 Å². The molecule has 2 aromatic rings. The Morgan fingerprint density at radius 1 is 1.23 bits per heavy atom. The number of hydrogen-bond acceptors (Lipinski definition) is 3. The first kappa shape index (κ1) is 22.8. The van der Waals surface area contributed by atoms with Gasteiger partial charge in [-0.05, 0) is 31.5 Å². The van der Waals surface area contributed by atoms with Crippen LogP contribution < -0.4 is 10.6 Å². The highest BCUT2D eigenvalue weighted by molar-refractivity contribution is 14.0. The van der Waals surface area contributed by atoms with Gasteiger partial charge in [0.1, 0.15) is 5.82 Å². The Bertz CT molecular complexity index is 698. The monoisotopic (exact) mass is 490 g/mol. The maximum absolute atomic E-state index is 13.1. The number of guanidine groups is 1. The molecule has 0 unspecified atom stereocenters. The Balaban J connectivity index is 0.00000338. The lowest BCUT2D eigenvalue weighted by molar-refractivity contribution is 0.534. The van der Waals surface area contributed by atoms with Crippen molar-refractivity contribution in [1.82, 2.24) is 15.6 Å². The molecule has 2 N–H and O–H groups in total. The maximum atomic E-state index is 13.1. The van der Waals surface area contributed by atoms with Crippen LogP contribution in [0.5, 0.6) is 0 Å². The van der Waals surface area contributed by atoms with Crippen molar-refractivity contribution < 1.29 is 4.39 Å². The van der Waals surface area contributed by atoms with Crippen molar-refractivity contribution in [3.05, 3.63) is 51.7 Å². The van der Waals surface area contributed by atoms with Crippen molar-refractivity contribution in [3.63, 3.8) is 0 Å². The lowest BCUT2D eigenvalue weighted by atomic mass is 9.85. The fraction of sp³-hybridized carbons (Fsp3) is 0.474. The Morgan fingerprint density at radius 3 is 2.50 bits per heavy atom. The van der Waals surface area contributed by atoms with Crippen LogP contribution in [0.2, 0.25) is 0 Å². The van der Waals surface area contributed by atoms with Crippen LogP contribution in [0.1, 0.15) is 37.0 Å². The molecule has 1 aromatic heterocycles. The summed E-state index contributed by atoms with van der Waals surface area (Å²) < 4.78 is 13.1. The molecular formula is C19H28FIN4S. The van der Waals surface area contributed by atoms with Crippen LogP contribution in [-0.2, 0) is 11.8 Å². The molecule has 0 spiro atoms. The first-order valence-electron chi connectivity index (χ1n) is 8.60. The molecule has 0 fully saturated rings. The van der Waals surface area contributed by atoms with Crippen LogP contribution in [0.15, 0.2) is 34.6 Å². The van der Waals surface area contributed by atoms with E-state index in [1.54, 1.807) is 11.3 Å². The zero-order chi connectivity index (χ0) is 18.3. The van der Waals surface area contributed by atoms with Gasteiger partial charge in [-0.2, -0.15) is 0 Å². The Hall–Kier alpha value is -1.22. The normalized spacial score (nSPS) is 11.8. The first-order chi connectivity index (χ1) is 11.9. The topological polar surface area (TPSA) is 49.3 Å². The van der Waals surface area contributed by atoms with Crippen LogP contribution in [-0.4, -0.2) is 30.6 Å². The molecule has 2 rings (SSSR count). The van der Waals surface area contributed by atoms with Crippen LogP contribution >= 0.6 is 35.3 Å². The number of hydrogen-bond donors (Lipinski definition) is 2. The molecule has 0 saturated carbocycles. The van der Waals surface area contributed by atoms with E-state index < -0.39 is 0 Å². The van der Waals surface area contributed by atoms with Gasteiger partial charge in [-0.15, -0.1) is 35.3 Å². The largest absolute Gasteiger partial charge is 0.357 e. The molecule has 0 saturated heterocycles. The minimum absolute atomic E-state index is 0. The van der Waals surface area contributed by atoms with Crippen molar-refractivity contribution >= 4 is 41.3 Å². The molecule has 144 valence electrons. The van der Waals surface area contributed by atoms with Gasteiger partial charge in [-0.25, -0.2) is 9.37 Å². The molecule has 1 heterocycles. The number of nitrogens with zero attached hydrogens (tertiary/aromatic N) is 2. The second-order valence-corrected chi connectivity index (χ2v) is 7.68. The third-order valence-electron chi connectivity index (χ3n) is 3.94. The van der Waals surface area contributed by atoms with Gasteiger partial charge in [0.2, 0.25) is 0 Å². The zero-order valence-corrected chi connectivity index (χ0v) is 19.0. The van der Waals surface area contributed by atoms with E-state index in [1.165, 1.54) is 12.1 Å². The molecule has 0 amide bonds. The number of aryl methyl sites for hydroxylation is 1. The summed E-state index contributed by atoms with van der Waals surface area (Å²) >= 11 is 1.67. The maximum Gasteiger partial charge on any atom is 0.191 e. The zero-order valence-electron chi connectivity index (χ0n) is 15.8. The number of thiazole rings is 1. The molecule has 1 aromatic carbocycles. The lowest BCUT2D eigenvalue weighted by Gasteiger charge is -2.24. The second kappa shape index (κ2) is 10.8. The molecule has 0 atom stereocenters. The summed E-state index contributed by atoms with van der Waals surface area (Å²) in [6, 6.07) is 6.66. The highest BCUT2D eigenvalue weighted by Gasteiger charge is 2.20. The first-order valence-corrected chi connectivity index (χ1v) is 9.48. The van der Waals surface area contributed by atoms with Gasteiger partial charge in [0, 0.05) is 30.3 Å². The summed E-state index contributed by atoms with van der Waals surface area (Å²) in [5.74, 6) is 0.583. The molecule has 26 heavy (non-hydrogen) atoms. The average molecular weight is 490 g/mol. The van der Waals surface area contributed by atoms with Crippen molar-refractivity contribution in [2.24, 2.45) is 4.99 Å². The Kier molecular flexibility index (Phi) is 9.49. The van der Waals surface area contributed by atoms with Crippen molar-refractivity contribution in [1.29, 1.82) is 0 Å². The van der Waals surface area contributed by atoms with E-state index >= 15 is 0 Å². The van der Waals surface area contributed by atoms with E-state index in [0.29, 0.717) is 6.54 Å². The van der Waals surface area contributed by atoms with Gasteiger partial charge in [0.15, 0.2) is 5.96 Å². The van der Waals surface area contributed by atoms with Crippen molar-refractivity contribution in [3.8, 4) is 0 Å². The van der Waals surface area contributed by atoms with Gasteiger partial charge in [-0.3, -0.25) is 4.99 Å². The number of nitrogens with one attached hydrogen (secondary N) is 2. The minimum atomic E-state index is -0.213. The van der Waals surface area contributed by atoms with E-state index in [-0.39, 0.29) is 35.2 Å². The fourth-order valence-electron chi connectivity index (χ4n) is 2.44. The number of benzene rings is 1. The highest BCUT2D eigenvalue weighted by atomic mass is 127. The summed E-state index contributed by atoms with van der Waals surface area (Å²) in [6.45, 7) is 10.5. The molecule has 4 nitrogen and oxygen atoms in total. The molecular weight excluding hydrogens is 462 g/mol. The van der Waals surface area contributed by atoms with Gasteiger partial charge >= 0.3 is 0 Å². The predicted molar refractivity (Wildman–Crippen MR) is 119 cm³/mol. The van der Waals surface area contributed by atoms with Gasteiger partial charge in [-0.1, -0.05) is 26.0 Å². The van der Waals surface area contributed by atoms with Crippen LogP contribution in [0, 0.1) is 12.7 Å². The second-order valence-electron chi connectivity index (χ2n) is 6.62. The minimum Gasteiger partial charge on any atom is -0.357 e. The Morgan fingerprint density at radius 2 is 1.92 bits per heavy atom. The molecule has 0 aliphatic rings. The van der Waals surface area contributed by atoms with E-state index in [9.17, 15) is 4.39 Å². The number of aliphatic imine (C=N–C) groups is 1. The molecule has 0 radical (unpaired) electrons.